The summed E-state index contributed by atoms with van der Waals surface area (Å²) in [4.78, 5) is 5.43. The third-order valence-corrected chi connectivity index (χ3v) is 4.41. The second-order valence-electron chi connectivity index (χ2n) is 3.95. The molecule has 1 aromatic carbocycles. The molecule has 0 radical (unpaired) electrons. The molecule has 0 saturated carbocycles. The Kier molecular flexibility index (Phi) is 5.70. The molecule has 0 spiro atoms. The first kappa shape index (κ1) is 14.9. The van der Waals surface area contributed by atoms with Crippen molar-refractivity contribution in [3.05, 3.63) is 51.6 Å². The molecule has 0 amide bonds. The predicted molar refractivity (Wildman–Crippen MR) is 84.9 cm³/mol. The van der Waals surface area contributed by atoms with Gasteiger partial charge >= 0.3 is 0 Å². The standard InChI is InChI=1S/C14H14BrClN2S/c1-2-17-8-10-3-5-12(7-13(10)15)19-14-6-4-11(16)9-18-14/h3-7,9,17H,2,8H2,1H3. The van der Waals surface area contributed by atoms with E-state index >= 15 is 0 Å². The molecule has 1 heterocycles. The van der Waals surface area contributed by atoms with Gasteiger partial charge in [0.15, 0.2) is 0 Å². The van der Waals surface area contributed by atoms with Gasteiger partial charge in [-0.1, -0.05) is 52.3 Å². The van der Waals surface area contributed by atoms with E-state index in [9.17, 15) is 0 Å². The van der Waals surface area contributed by atoms with Gasteiger partial charge < -0.3 is 5.32 Å². The van der Waals surface area contributed by atoms with Crippen LogP contribution in [0.1, 0.15) is 12.5 Å². The van der Waals surface area contributed by atoms with Crippen LogP contribution in [0.25, 0.3) is 0 Å². The lowest BCUT2D eigenvalue weighted by Crippen LogP contribution is -2.11. The summed E-state index contributed by atoms with van der Waals surface area (Å²) in [6, 6.07) is 10.1. The molecule has 2 rings (SSSR count). The van der Waals surface area contributed by atoms with Crippen LogP contribution >= 0.6 is 39.3 Å². The smallest absolute Gasteiger partial charge is 0.101 e. The number of rotatable bonds is 5. The molecule has 0 saturated heterocycles. The van der Waals surface area contributed by atoms with Crippen molar-refractivity contribution < 1.29 is 0 Å². The SMILES string of the molecule is CCNCc1ccc(Sc2ccc(Cl)cn2)cc1Br. The van der Waals surface area contributed by atoms with E-state index < -0.39 is 0 Å². The van der Waals surface area contributed by atoms with Crippen LogP contribution in [0.2, 0.25) is 5.02 Å². The fourth-order valence-electron chi connectivity index (χ4n) is 1.54. The first-order valence-corrected chi connectivity index (χ1v) is 7.96. The average Bonchev–Trinajstić information content (AvgIpc) is 2.41. The van der Waals surface area contributed by atoms with E-state index in [4.69, 9.17) is 11.6 Å². The molecule has 2 aromatic rings. The van der Waals surface area contributed by atoms with Crippen LogP contribution in [0.5, 0.6) is 0 Å². The predicted octanol–water partition coefficient (Wildman–Crippen LogP) is 4.76. The number of pyridine rings is 1. The van der Waals surface area contributed by atoms with E-state index in [1.54, 1.807) is 18.0 Å². The second kappa shape index (κ2) is 7.29. The zero-order valence-corrected chi connectivity index (χ0v) is 13.6. The highest BCUT2D eigenvalue weighted by molar-refractivity contribution is 9.10. The molecule has 1 N–H and O–H groups in total. The maximum atomic E-state index is 5.82. The highest BCUT2D eigenvalue weighted by Crippen LogP contribution is 2.30. The Morgan fingerprint density at radius 3 is 2.79 bits per heavy atom. The van der Waals surface area contributed by atoms with Crippen molar-refractivity contribution in [1.29, 1.82) is 0 Å². The average molecular weight is 358 g/mol. The summed E-state index contributed by atoms with van der Waals surface area (Å²) in [5.74, 6) is 0. The molecular weight excluding hydrogens is 344 g/mol. The van der Waals surface area contributed by atoms with Crippen molar-refractivity contribution in [2.24, 2.45) is 0 Å². The Morgan fingerprint density at radius 2 is 2.16 bits per heavy atom. The summed E-state index contributed by atoms with van der Waals surface area (Å²) in [7, 11) is 0. The van der Waals surface area contributed by atoms with Crippen LogP contribution in [0.3, 0.4) is 0 Å². The highest BCUT2D eigenvalue weighted by Gasteiger charge is 2.03. The number of halogens is 2. The van der Waals surface area contributed by atoms with Crippen LogP contribution in [0.4, 0.5) is 0 Å². The van der Waals surface area contributed by atoms with Crippen LogP contribution in [-0.2, 0) is 6.54 Å². The normalized spacial score (nSPS) is 10.7. The Labute approximate surface area is 131 Å². The summed E-state index contributed by atoms with van der Waals surface area (Å²) in [6.45, 7) is 3.95. The van der Waals surface area contributed by atoms with Gasteiger partial charge in [0.05, 0.1) is 5.02 Å². The van der Waals surface area contributed by atoms with Gasteiger partial charge in [-0.3, -0.25) is 0 Å². The van der Waals surface area contributed by atoms with Crippen molar-refractivity contribution in [2.75, 3.05) is 6.54 Å². The van der Waals surface area contributed by atoms with E-state index in [0.29, 0.717) is 5.02 Å². The lowest BCUT2D eigenvalue weighted by atomic mass is 10.2. The van der Waals surface area contributed by atoms with Gasteiger partial charge in [0.1, 0.15) is 5.03 Å². The van der Waals surface area contributed by atoms with Gasteiger partial charge in [0.2, 0.25) is 0 Å². The van der Waals surface area contributed by atoms with Crippen LogP contribution in [0.15, 0.2) is 50.9 Å². The van der Waals surface area contributed by atoms with Gasteiger partial charge in [0, 0.05) is 22.1 Å². The Morgan fingerprint density at radius 1 is 1.32 bits per heavy atom. The maximum absolute atomic E-state index is 5.82. The largest absolute Gasteiger partial charge is 0.313 e. The Balaban J connectivity index is 2.09. The molecule has 5 heteroatoms. The number of hydrogen-bond donors (Lipinski definition) is 1. The quantitative estimate of drug-likeness (QED) is 0.835. The molecule has 0 aliphatic carbocycles. The lowest BCUT2D eigenvalue weighted by molar-refractivity contribution is 0.724. The monoisotopic (exact) mass is 356 g/mol. The Bertz CT molecular complexity index is 546. The Hall–Kier alpha value is -0.550. The molecule has 0 unspecified atom stereocenters. The lowest BCUT2D eigenvalue weighted by Gasteiger charge is -2.07. The molecule has 0 fully saturated rings. The number of nitrogens with zero attached hydrogens (tertiary/aromatic N) is 1. The minimum absolute atomic E-state index is 0.659. The molecule has 0 aliphatic heterocycles. The van der Waals surface area contributed by atoms with Crippen molar-refractivity contribution in [3.63, 3.8) is 0 Å². The second-order valence-corrected chi connectivity index (χ2v) is 6.33. The van der Waals surface area contributed by atoms with Crippen LogP contribution < -0.4 is 5.32 Å². The fraction of sp³-hybridized carbons (Fsp3) is 0.214. The fourth-order valence-corrected chi connectivity index (χ4v) is 3.12. The van der Waals surface area contributed by atoms with E-state index in [0.717, 1.165) is 27.5 Å². The molecule has 0 bridgehead atoms. The van der Waals surface area contributed by atoms with Gasteiger partial charge in [-0.15, -0.1) is 0 Å². The van der Waals surface area contributed by atoms with Gasteiger partial charge in [-0.2, -0.15) is 0 Å². The van der Waals surface area contributed by atoms with Crippen molar-refractivity contribution in [2.45, 2.75) is 23.4 Å². The summed E-state index contributed by atoms with van der Waals surface area (Å²) in [5, 5.41) is 4.92. The number of aromatic nitrogens is 1. The van der Waals surface area contributed by atoms with E-state index in [-0.39, 0.29) is 0 Å². The maximum Gasteiger partial charge on any atom is 0.101 e. The first-order valence-electron chi connectivity index (χ1n) is 5.97. The van der Waals surface area contributed by atoms with Gasteiger partial charge in [-0.05, 0) is 36.4 Å². The van der Waals surface area contributed by atoms with E-state index in [1.807, 2.05) is 12.1 Å². The van der Waals surface area contributed by atoms with Gasteiger partial charge in [-0.25, -0.2) is 4.98 Å². The minimum Gasteiger partial charge on any atom is -0.313 e. The zero-order valence-electron chi connectivity index (χ0n) is 10.5. The summed E-state index contributed by atoms with van der Waals surface area (Å²) in [5.41, 5.74) is 1.26. The van der Waals surface area contributed by atoms with Crippen LogP contribution in [-0.4, -0.2) is 11.5 Å². The zero-order chi connectivity index (χ0) is 13.7. The number of hydrogen-bond acceptors (Lipinski definition) is 3. The van der Waals surface area contributed by atoms with E-state index in [2.05, 4.69) is 51.4 Å². The molecule has 0 atom stereocenters. The van der Waals surface area contributed by atoms with Crippen LogP contribution in [0, 0.1) is 0 Å². The summed E-state index contributed by atoms with van der Waals surface area (Å²) < 4.78 is 1.12. The summed E-state index contributed by atoms with van der Waals surface area (Å²) >= 11 is 11.1. The van der Waals surface area contributed by atoms with Gasteiger partial charge in [0.25, 0.3) is 0 Å². The van der Waals surface area contributed by atoms with Crippen molar-refractivity contribution >= 4 is 39.3 Å². The summed E-state index contributed by atoms with van der Waals surface area (Å²) in [6.07, 6.45) is 1.67. The molecular formula is C14H14BrClN2S. The minimum atomic E-state index is 0.659. The molecule has 19 heavy (non-hydrogen) atoms. The third-order valence-electron chi connectivity index (χ3n) is 2.51. The topological polar surface area (TPSA) is 24.9 Å². The van der Waals surface area contributed by atoms with Crippen molar-refractivity contribution in [3.8, 4) is 0 Å². The first-order chi connectivity index (χ1) is 9.19. The van der Waals surface area contributed by atoms with Crippen molar-refractivity contribution in [1.82, 2.24) is 10.3 Å². The molecule has 2 nitrogen and oxygen atoms in total. The third kappa shape index (κ3) is 4.49. The molecule has 100 valence electrons. The molecule has 0 aliphatic rings. The number of nitrogens with one attached hydrogen (secondary N) is 1. The number of benzene rings is 1. The highest BCUT2D eigenvalue weighted by atomic mass is 79.9. The molecule has 1 aromatic heterocycles. The van der Waals surface area contributed by atoms with E-state index in [1.165, 1.54) is 5.56 Å².